The second-order valence-corrected chi connectivity index (χ2v) is 8.29. The summed E-state index contributed by atoms with van der Waals surface area (Å²) in [4.78, 5) is 4.88. The molecule has 32 heavy (non-hydrogen) atoms. The fourth-order valence-electron chi connectivity index (χ4n) is 4.31. The average molecular weight is 432 g/mol. The molecule has 0 radical (unpaired) electrons. The molecule has 168 valence electrons. The van der Waals surface area contributed by atoms with E-state index in [1.54, 1.807) is 0 Å². The SMILES string of the molecule is CCNC(=NCc1ccccc1-n1nc(C)cc1C)NCC1CCOC1c1ccccc1. The number of guanidine groups is 1. The summed E-state index contributed by atoms with van der Waals surface area (Å²) in [7, 11) is 0. The molecule has 2 N–H and O–H groups in total. The Morgan fingerprint density at radius 3 is 2.62 bits per heavy atom. The summed E-state index contributed by atoms with van der Waals surface area (Å²) in [5.74, 6) is 1.25. The molecule has 0 spiro atoms. The van der Waals surface area contributed by atoms with Gasteiger partial charge in [-0.05, 0) is 50.5 Å². The van der Waals surface area contributed by atoms with Crippen LogP contribution in [0.5, 0.6) is 0 Å². The summed E-state index contributed by atoms with van der Waals surface area (Å²) in [6.07, 6.45) is 1.19. The van der Waals surface area contributed by atoms with E-state index < -0.39 is 0 Å². The van der Waals surface area contributed by atoms with Crippen LogP contribution in [0.4, 0.5) is 0 Å². The Morgan fingerprint density at radius 2 is 1.88 bits per heavy atom. The van der Waals surface area contributed by atoms with Crippen LogP contribution in [0.1, 0.15) is 42.0 Å². The van der Waals surface area contributed by atoms with E-state index in [4.69, 9.17) is 9.73 Å². The molecule has 1 fully saturated rings. The van der Waals surface area contributed by atoms with Gasteiger partial charge in [-0.1, -0.05) is 48.5 Å². The minimum Gasteiger partial charge on any atom is -0.373 e. The lowest BCUT2D eigenvalue weighted by atomic mass is 9.95. The lowest BCUT2D eigenvalue weighted by Gasteiger charge is -2.21. The number of nitrogens with zero attached hydrogens (tertiary/aromatic N) is 3. The second kappa shape index (κ2) is 10.5. The Labute approximate surface area is 190 Å². The zero-order chi connectivity index (χ0) is 22.3. The third kappa shape index (κ3) is 5.19. The van der Waals surface area contributed by atoms with Gasteiger partial charge >= 0.3 is 0 Å². The molecule has 1 aromatic heterocycles. The predicted molar refractivity (Wildman–Crippen MR) is 129 cm³/mol. The molecule has 2 heterocycles. The van der Waals surface area contributed by atoms with E-state index in [2.05, 4.69) is 78.1 Å². The van der Waals surface area contributed by atoms with Gasteiger partial charge in [0.15, 0.2) is 5.96 Å². The Kier molecular flexibility index (Phi) is 7.22. The van der Waals surface area contributed by atoms with Gasteiger partial charge in [0.05, 0.1) is 24.0 Å². The van der Waals surface area contributed by atoms with Crippen molar-refractivity contribution < 1.29 is 4.74 Å². The van der Waals surface area contributed by atoms with Crippen molar-refractivity contribution in [3.63, 3.8) is 0 Å². The number of hydrogen-bond donors (Lipinski definition) is 2. The molecule has 0 aliphatic carbocycles. The van der Waals surface area contributed by atoms with E-state index in [0.29, 0.717) is 12.5 Å². The van der Waals surface area contributed by atoms with Crippen LogP contribution in [0.15, 0.2) is 65.7 Å². The normalized spacial score (nSPS) is 18.7. The van der Waals surface area contributed by atoms with Crippen molar-refractivity contribution in [2.45, 2.75) is 39.8 Å². The average Bonchev–Trinajstić information content (AvgIpc) is 3.42. The third-order valence-corrected chi connectivity index (χ3v) is 5.86. The summed E-state index contributed by atoms with van der Waals surface area (Å²) in [5.41, 5.74) is 5.60. The molecule has 0 saturated carbocycles. The summed E-state index contributed by atoms with van der Waals surface area (Å²) < 4.78 is 8.04. The molecular weight excluding hydrogens is 398 g/mol. The van der Waals surface area contributed by atoms with Crippen molar-refractivity contribution >= 4 is 5.96 Å². The first-order valence-corrected chi connectivity index (χ1v) is 11.5. The van der Waals surface area contributed by atoms with Crippen LogP contribution >= 0.6 is 0 Å². The highest BCUT2D eigenvalue weighted by Crippen LogP contribution is 2.33. The number of rotatable bonds is 7. The van der Waals surface area contributed by atoms with Crippen LogP contribution in [0.2, 0.25) is 0 Å². The van der Waals surface area contributed by atoms with Gasteiger partial charge in [-0.25, -0.2) is 9.67 Å². The van der Waals surface area contributed by atoms with Crippen molar-refractivity contribution in [3.05, 3.63) is 83.2 Å². The van der Waals surface area contributed by atoms with Crippen molar-refractivity contribution in [1.82, 2.24) is 20.4 Å². The van der Waals surface area contributed by atoms with Gasteiger partial charge in [0, 0.05) is 31.3 Å². The molecule has 4 rings (SSSR count). The number of para-hydroxylation sites is 1. The number of ether oxygens (including phenoxy) is 1. The molecule has 2 atom stereocenters. The molecule has 2 aromatic carbocycles. The van der Waals surface area contributed by atoms with Crippen LogP contribution < -0.4 is 10.6 Å². The maximum atomic E-state index is 6.04. The third-order valence-electron chi connectivity index (χ3n) is 5.86. The minimum absolute atomic E-state index is 0.137. The summed E-state index contributed by atoms with van der Waals surface area (Å²) in [6.45, 7) is 9.21. The Bertz CT molecular complexity index is 1040. The highest BCUT2D eigenvalue weighted by atomic mass is 16.5. The largest absolute Gasteiger partial charge is 0.373 e. The maximum Gasteiger partial charge on any atom is 0.191 e. The standard InChI is InChI=1S/C26H33N5O/c1-4-27-26(29-18-23-14-15-32-25(23)21-10-6-5-7-11-21)28-17-22-12-8-9-13-24(22)31-20(3)16-19(2)30-31/h5-13,16,23,25H,4,14-15,17-18H2,1-3H3,(H2,27,28,29). The molecule has 1 aliphatic heterocycles. The van der Waals surface area contributed by atoms with Crippen molar-refractivity contribution in [2.75, 3.05) is 19.7 Å². The van der Waals surface area contributed by atoms with Crippen LogP contribution in [-0.4, -0.2) is 35.4 Å². The summed E-state index contributed by atoms with van der Waals surface area (Å²) >= 11 is 0. The first kappa shape index (κ1) is 22.1. The number of aliphatic imine (C=N–C) groups is 1. The van der Waals surface area contributed by atoms with Crippen LogP contribution in [-0.2, 0) is 11.3 Å². The summed E-state index contributed by atoms with van der Waals surface area (Å²) in [5, 5.41) is 11.6. The molecule has 0 amide bonds. The molecule has 1 aliphatic rings. The van der Waals surface area contributed by atoms with Crippen LogP contribution in [0.25, 0.3) is 5.69 Å². The van der Waals surface area contributed by atoms with E-state index in [-0.39, 0.29) is 6.10 Å². The van der Waals surface area contributed by atoms with E-state index in [1.165, 1.54) is 5.56 Å². The van der Waals surface area contributed by atoms with Gasteiger partial charge in [0.2, 0.25) is 0 Å². The van der Waals surface area contributed by atoms with Crippen LogP contribution in [0, 0.1) is 19.8 Å². The number of nitrogens with one attached hydrogen (secondary N) is 2. The van der Waals surface area contributed by atoms with Crippen molar-refractivity contribution in [3.8, 4) is 5.69 Å². The van der Waals surface area contributed by atoms with Gasteiger partial charge in [-0.3, -0.25) is 0 Å². The lowest BCUT2D eigenvalue weighted by molar-refractivity contribution is 0.0915. The number of aromatic nitrogens is 2. The molecule has 6 nitrogen and oxygen atoms in total. The molecule has 2 unspecified atom stereocenters. The van der Waals surface area contributed by atoms with Gasteiger partial charge in [0.1, 0.15) is 0 Å². The predicted octanol–water partition coefficient (Wildman–Crippen LogP) is 4.32. The number of hydrogen-bond acceptors (Lipinski definition) is 3. The zero-order valence-electron chi connectivity index (χ0n) is 19.2. The summed E-state index contributed by atoms with van der Waals surface area (Å²) in [6, 6.07) is 20.9. The fraction of sp³-hybridized carbons (Fsp3) is 0.385. The van der Waals surface area contributed by atoms with Gasteiger partial charge in [-0.2, -0.15) is 5.10 Å². The Balaban J connectivity index is 1.46. The fourth-order valence-corrected chi connectivity index (χ4v) is 4.31. The molecule has 6 heteroatoms. The Morgan fingerprint density at radius 1 is 1.09 bits per heavy atom. The maximum absolute atomic E-state index is 6.04. The first-order chi connectivity index (χ1) is 15.7. The quantitative estimate of drug-likeness (QED) is 0.432. The molecule has 0 bridgehead atoms. The second-order valence-electron chi connectivity index (χ2n) is 8.29. The highest BCUT2D eigenvalue weighted by molar-refractivity contribution is 5.79. The molecule has 1 saturated heterocycles. The molecule has 3 aromatic rings. The topological polar surface area (TPSA) is 63.5 Å². The minimum atomic E-state index is 0.137. The van der Waals surface area contributed by atoms with E-state index in [9.17, 15) is 0 Å². The first-order valence-electron chi connectivity index (χ1n) is 11.5. The number of benzene rings is 2. The Hall–Kier alpha value is -3.12. The zero-order valence-corrected chi connectivity index (χ0v) is 19.2. The van der Waals surface area contributed by atoms with Gasteiger partial charge < -0.3 is 15.4 Å². The van der Waals surface area contributed by atoms with E-state index in [0.717, 1.165) is 54.7 Å². The number of aryl methyl sites for hydroxylation is 2. The van der Waals surface area contributed by atoms with Crippen LogP contribution in [0.3, 0.4) is 0 Å². The van der Waals surface area contributed by atoms with E-state index >= 15 is 0 Å². The monoisotopic (exact) mass is 431 g/mol. The lowest BCUT2D eigenvalue weighted by Crippen LogP contribution is -2.40. The smallest absolute Gasteiger partial charge is 0.191 e. The van der Waals surface area contributed by atoms with Gasteiger partial charge in [-0.15, -0.1) is 0 Å². The van der Waals surface area contributed by atoms with Crippen molar-refractivity contribution in [1.29, 1.82) is 0 Å². The van der Waals surface area contributed by atoms with E-state index in [1.807, 2.05) is 23.7 Å². The van der Waals surface area contributed by atoms with Gasteiger partial charge in [0.25, 0.3) is 0 Å². The van der Waals surface area contributed by atoms with Crippen molar-refractivity contribution in [2.24, 2.45) is 10.9 Å². The molecular formula is C26H33N5O. The highest BCUT2D eigenvalue weighted by Gasteiger charge is 2.29.